The highest BCUT2D eigenvalue weighted by Crippen LogP contribution is 2.29. The van der Waals surface area contributed by atoms with E-state index >= 15 is 0 Å². The first-order valence-electron chi connectivity index (χ1n) is 10.6. The van der Waals surface area contributed by atoms with E-state index in [1.54, 1.807) is 0 Å². The van der Waals surface area contributed by atoms with Crippen molar-refractivity contribution in [3.05, 3.63) is 0 Å². The van der Waals surface area contributed by atoms with Crippen LogP contribution in [0, 0.1) is 0 Å². The molecule has 0 amide bonds. The molecule has 2 aliphatic heterocycles. The lowest BCUT2D eigenvalue weighted by Crippen LogP contribution is -2.68. The molecule has 14 N–H and O–H groups in total. The highest BCUT2D eigenvalue weighted by atomic mass is 16.7. The molecule has 2 aliphatic rings. The number of hydrogen-bond donors (Lipinski definition) is 11. The molecule has 0 aromatic heterocycles. The van der Waals surface area contributed by atoms with Crippen LogP contribution in [0.3, 0.4) is 0 Å². The molecule has 16 nitrogen and oxygen atoms in total. The summed E-state index contributed by atoms with van der Waals surface area (Å²) in [7, 11) is 0. The van der Waals surface area contributed by atoms with Crippen LogP contribution >= 0.6 is 0 Å². The second kappa shape index (κ2) is 12.9. The van der Waals surface area contributed by atoms with Gasteiger partial charge in [-0.25, -0.2) is 0 Å². The molecule has 2 saturated heterocycles. The number of aldehydes is 1. The Balaban J connectivity index is 2.17. The fourth-order valence-corrected chi connectivity index (χ4v) is 3.72. The quantitative estimate of drug-likeness (QED) is 0.117. The van der Waals surface area contributed by atoms with Gasteiger partial charge in [0.15, 0.2) is 12.6 Å². The molecule has 2 rings (SSSR count). The van der Waals surface area contributed by atoms with Crippen molar-refractivity contribution in [2.75, 3.05) is 19.8 Å². The van der Waals surface area contributed by atoms with Crippen molar-refractivity contribution < 1.29 is 64.6 Å². The zero-order chi connectivity index (χ0) is 25.7. The average Bonchev–Trinajstić information content (AvgIpc) is 2.84. The molecule has 200 valence electrons. The zero-order valence-electron chi connectivity index (χ0n) is 18.1. The van der Waals surface area contributed by atoms with Crippen LogP contribution in [0.25, 0.3) is 0 Å². The Morgan fingerprint density at radius 1 is 0.882 bits per heavy atom. The summed E-state index contributed by atoms with van der Waals surface area (Å²) < 4.78 is 21.9. The number of aliphatic hydroxyl groups is 8. The van der Waals surface area contributed by atoms with Crippen molar-refractivity contribution in [1.82, 2.24) is 0 Å². The summed E-state index contributed by atoms with van der Waals surface area (Å²) in [5, 5.41) is 79.3. The second-order valence-electron chi connectivity index (χ2n) is 8.23. The number of carbonyl (C=O) groups is 1. The third kappa shape index (κ3) is 6.25. The Morgan fingerprint density at radius 2 is 1.44 bits per heavy atom. The van der Waals surface area contributed by atoms with E-state index in [-0.39, 0.29) is 6.29 Å². The molecule has 0 unspecified atom stereocenters. The predicted octanol–water partition coefficient (Wildman–Crippen LogP) is -7.83. The summed E-state index contributed by atoms with van der Waals surface area (Å²) in [5.74, 6) is 0. The molecule has 14 atom stereocenters. The van der Waals surface area contributed by atoms with Crippen molar-refractivity contribution in [3.63, 3.8) is 0 Å². The first-order chi connectivity index (χ1) is 16.0. The van der Waals surface area contributed by atoms with E-state index in [1.165, 1.54) is 0 Å². The van der Waals surface area contributed by atoms with Crippen LogP contribution in [0.5, 0.6) is 0 Å². The zero-order valence-corrected chi connectivity index (χ0v) is 18.1. The van der Waals surface area contributed by atoms with Gasteiger partial charge < -0.3 is 81.8 Å². The van der Waals surface area contributed by atoms with Gasteiger partial charge in [0.25, 0.3) is 0 Å². The first-order valence-corrected chi connectivity index (χ1v) is 10.6. The molecule has 0 aliphatic carbocycles. The Hall–Kier alpha value is -0.930. The number of nitrogens with two attached hydrogens (primary N) is 3. The van der Waals surface area contributed by atoms with E-state index in [0.717, 1.165) is 0 Å². The van der Waals surface area contributed by atoms with E-state index in [0.29, 0.717) is 0 Å². The molecule has 16 heteroatoms. The van der Waals surface area contributed by atoms with Gasteiger partial charge in [0.2, 0.25) is 0 Å². The van der Waals surface area contributed by atoms with Gasteiger partial charge in [-0.3, -0.25) is 0 Å². The summed E-state index contributed by atoms with van der Waals surface area (Å²) in [6, 6.07) is -4.23. The lowest BCUT2D eigenvalue weighted by Gasteiger charge is -2.47. The van der Waals surface area contributed by atoms with Gasteiger partial charge in [-0.15, -0.1) is 0 Å². The third-order valence-electron chi connectivity index (χ3n) is 5.87. The monoisotopic (exact) mass is 501 g/mol. The number of aliphatic hydroxyl groups excluding tert-OH is 8. The van der Waals surface area contributed by atoms with Crippen molar-refractivity contribution >= 4 is 6.29 Å². The van der Waals surface area contributed by atoms with Crippen LogP contribution in [-0.4, -0.2) is 153 Å². The molecular formula is C18H35N3O13. The van der Waals surface area contributed by atoms with Crippen LogP contribution in [0.1, 0.15) is 0 Å². The third-order valence-corrected chi connectivity index (χ3v) is 5.87. The summed E-state index contributed by atoms with van der Waals surface area (Å²) in [6.45, 7) is -2.31. The number of rotatable bonds is 11. The van der Waals surface area contributed by atoms with Crippen LogP contribution < -0.4 is 17.2 Å². The van der Waals surface area contributed by atoms with Gasteiger partial charge in [-0.05, 0) is 0 Å². The fourth-order valence-electron chi connectivity index (χ4n) is 3.72. The molecular weight excluding hydrogens is 466 g/mol. The summed E-state index contributed by atoms with van der Waals surface area (Å²) >= 11 is 0. The minimum atomic E-state index is -1.79. The van der Waals surface area contributed by atoms with Crippen molar-refractivity contribution in [3.8, 4) is 0 Å². The van der Waals surface area contributed by atoms with Gasteiger partial charge in [0, 0.05) is 0 Å². The Kier molecular flexibility index (Phi) is 11.1. The standard InChI is InChI=1S/C18H35N3O13/c19-5(1-22)11(27)15(6(26)2-23)33-18-10(21)14(30)16(8(4-25)32-18)34-17-9(20)13(29)12(28)7(3-24)31-17/h1,5-18,23-30H,2-4,19-21H2/t5-,6+,7+,8+,9+,10+,11+,12+,13+,14+,15-,16+,17-,18-/m0/s1. The van der Waals surface area contributed by atoms with Crippen LogP contribution in [0.2, 0.25) is 0 Å². The van der Waals surface area contributed by atoms with Gasteiger partial charge >= 0.3 is 0 Å². The topological polar surface area (TPSA) is 294 Å². The SMILES string of the molecule is N[C@H]1[C@H](O[C@H]2[C@H](O)[C@@H](N)[C@H](O[C@H]([C@H](O)[C@@H](N)C=O)[C@H](O)CO)O[C@@H]2CO)O[C@H](CO)[C@@H](O)[C@@H]1O. The summed E-state index contributed by atoms with van der Waals surface area (Å²) in [4.78, 5) is 10.9. The van der Waals surface area contributed by atoms with Crippen molar-refractivity contribution in [2.45, 2.75) is 85.6 Å². The molecule has 0 aromatic carbocycles. The fraction of sp³-hybridized carbons (Fsp3) is 0.944. The van der Waals surface area contributed by atoms with E-state index < -0.39 is 105 Å². The largest absolute Gasteiger partial charge is 0.394 e. The molecule has 2 heterocycles. The minimum Gasteiger partial charge on any atom is -0.394 e. The van der Waals surface area contributed by atoms with E-state index in [4.69, 9.17) is 36.1 Å². The maximum atomic E-state index is 10.9. The van der Waals surface area contributed by atoms with Gasteiger partial charge in [-0.2, -0.15) is 0 Å². The van der Waals surface area contributed by atoms with E-state index in [9.17, 15) is 45.6 Å². The normalized spacial score (nSPS) is 42.6. The lowest BCUT2D eigenvalue weighted by molar-refractivity contribution is -0.338. The summed E-state index contributed by atoms with van der Waals surface area (Å²) in [6.07, 6.45) is -16.7. The first kappa shape index (κ1) is 29.3. The van der Waals surface area contributed by atoms with Gasteiger partial charge in [-0.1, -0.05) is 0 Å². The Morgan fingerprint density at radius 3 is 1.97 bits per heavy atom. The predicted molar refractivity (Wildman–Crippen MR) is 108 cm³/mol. The number of ether oxygens (including phenoxy) is 4. The maximum Gasteiger partial charge on any atom is 0.176 e. The molecule has 0 aromatic rings. The van der Waals surface area contributed by atoms with Gasteiger partial charge in [0.1, 0.15) is 61.2 Å². The second-order valence-corrected chi connectivity index (χ2v) is 8.23. The number of hydrogen-bond acceptors (Lipinski definition) is 16. The molecule has 0 bridgehead atoms. The van der Waals surface area contributed by atoms with Crippen LogP contribution in [0.15, 0.2) is 0 Å². The molecule has 34 heavy (non-hydrogen) atoms. The Labute approximate surface area is 194 Å². The van der Waals surface area contributed by atoms with E-state index in [1.807, 2.05) is 0 Å². The smallest absolute Gasteiger partial charge is 0.176 e. The van der Waals surface area contributed by atoms with Crippen LogP contribution in [0.4, 0.5) is 0 Å². The summed E-state index contributed by atoms with van der Waals surface area (Å²) in [5.41, 5.74) is 17.3. The molecule has 0 spiro atoms. The lowest BCUT2D eigenvalue weighted by atomic mass is 9.95. The van der Waals surface area contributed by atoms with Crippen molar-refractivity contribution in [1.29, 1.82) is 0 Å². The number of carbonyl (C=O) groups excluding carboxylic acids is 1. The average molecular weight is 501 g/mol. The molecule has 0 radical (unpaired) electrons. The highest BCUT2D eigenvalue weighted by Gasteiger charge is 2.50. The highest BCUT2D eigenvalue weighted by molar-refractivity contribution is 5.58. The minimum absolute atomic E-state index is 0.195. The van der Waals surface area contributed by atoms with Gasteiger partial charge in [0.05, 0.1) is 37.9 Å². The maximum absolute atomic E-state index is 10.9. The van der Waals surface area contributed by atoms with Crippen LogP contribution in [-0.2, 0) is 23.7 Å². The molecule has 2 fully saturated rings. The Bertz CT molecular complexity index is 632. The van der Waals surface area contributed by atoms with Crippen molar-refractivity contribution in [2.24, 2.45) is 17.2 Å². The molecule has 0 saturated carbocycles. The van der Waals surface area contributed by atoms with E-state index in [2.05, 4.69) is 0 Å².